The molecule has 114 valence electrons. The van der Waals surface area contributed by atoms with E-state index >= 15 is 0 Å². The summed E-state index contributed by atoms with van der Waals surface area (Å²) in [5, 5.41) is 3.25. The number of alkyl halides is 2. The zero-order valence-electron chi connectivity index (χ0n) is 11.8. The van der Waals surface area contributed by atoms with Gasteiger partial charge in [0.15, 0.2) is 5.82 Å². The van der Waals surface area contributed by atoms with Gasteiger partial charge in [0.05, 0.1) is 11.9 Å². The first kappa shape index (κ1) is 15.4. The van der Waals surface area contributed by atoms with Gasteiger partial charge >= 0.3 is 6.55 Å². The fourth-order valence-electron chi connectivity index (χ4n) is 1.78. The lowest BCUT2D eigenvalue weighted by Gasteiger charge is -2.09. The molecule has 0 fully saturated rings. The van der Waals surface area contributed by atoms with Crippen molar-refractivity contribution in [3.05, 3.63) is 42.2 Å². The van der Waals surface area contributed by atoms with Gasteiger partial charge in [-0.2, -0.15) is 8.78 Å². The van der Waals surface area contributed by atoms with E-state index in [9.17, 15) is 8.78 Å². The van der Waals surface area contributed by atoms with Crippen molar-refractivity contribution in [2.45, 2.75) is 33.0 Å². The molecular formula is C14H18F2N4O. The summed E-state index contributed by atoms with van der Waals surface area (Å²) in [7, 11) is 0. The minimum atomic E-state index is -2.61. The molecule has 2 aromatic rings. The molecule has 21 heavy (non-hydrogen) atoms. The third-order valence-electron chi connectivity index (χ3n) is 2.86. The van der Waals surface area contributed by atoms with E-state index in [0.717, 1.165) is 23.2 Å². The molecule has 5 nitrogen and oxygen atoms in total. The molecule has 0 aromatic carbocycles. The third kappa shape index (κ3) is 4.49. The molecule has 0 saturated carbocycles. The smallest absolute Gasteiger partial charge is 0.320 e. The average Bonchev–Trinajstić information content (AvgIpc) is 2.95. The van der Waals surface area contributed by atoms with Gasteiger partial charge in [-0.3, -0.25) is 9.55 Å². The maximum atomic E-state index is 12.6. The van der Waals surface area contributed by atoms with Gasteiger partial charge in [0, 0.05) is 18.9 Å². The summed E-state index contributed by atoms with van der Waals surface area (Å²) < 4.78 is 31.5. The van der Waals surface area contributed by atoms with Crippen molar-refractivity contribution in [3.8, 4) is 5.75 Å². The molecule has 7 heteroatoms. The van der Waals surface area contributed by atoms with Crippen LogP contribution >= 0.6 is 0 Å². The Bertz CT molecular complexity index is 542. The Labute approximate surface area is 122 Å². The summed E-state index contributed by atoms with van der Waals surface area (Å²) in [6, 6.07) is 3.61. The van der Waals surface area contributed by atoms with Gasteiger partial charge in [-0.1, -0.05) is 6.92 Å². The largest absolute Gasteiger partial charge is 0.484 e. The second-order valence-electron chi connectivity index (χ2n) is 4.48. The van der Waals surface area contributed by atoms with E-state index in [-0.39, 0.29) is 12.4 Å². The SMILES string of the molecule is CCCNCc1ccc(OCc2nccn2C(F)F)cn1. The highest BCUT2D eigenvalue weighted by Crippen LogP contribution is 2.15. The summed E-state index contributed by atoms with van der Waals surface area (Å²) >= 11 is 0. The second kappa shape index (κ2) is 7.68. The molecular weight excluding hydrogens is 278 g/mol. The molecule has 0 aliphatic rings. The van der Waals surface area contributed by atoms with Gasteiger partial charge in [0.2, 0.25) is 0 Å². The van der Waals surface area contributed by atoms with Crippen LogP contribution in [0.2, 0.25) is 0 Å². The van der Waals surface area contributed by atoms with Gasteiger partial charge in [-0.15, -0.1) is 0 Å². The topological polar surface area (TPSA) is 52.0 Å². The zero-order valence-corrected chi connectivity index (χ0v) is 11.8. The molecule has 0 unspecified atom stereocenters. The zero-order chi connectivity index (χ0) is 15.1. The summed E-state index contributed by atoms with van der Waals surface area (Å²) in [5.41, 5.74) is 0.907. The number of nitrogens with one attached hydrogen (secondary N) is 1. The molecule has 1 N–H and O–H groups in total. The minimum absolute atomic E-state index is 0.0214. The van der Waals surface area contributed by atoms with Crippen LogP contribution in [0.4, 0.5) is 8.78 Å². The van der Waals surface area contributed by atoms with Crippen LogP contribution in [0.5, 0.6) is 5.75 Å². The maximum absolute atomic E-state index is 12.6. The van der Waals surface area contributed by atoms with Crippen LogP contribution in [0.3, 0.4) is 0 Å². The fourth-order valence-corrected chi connectivity index (χ4v) is 1.78. The lowest BCUT2D eigenvalue weighted by atomic mass is 10.3. The molecule has 0 atom stereocenters. The highest BCUT2D eigenvalue weighted by Gasteiger charge is 2.11. The molecule has 2 heterocycles. The Morgan fingerprint density at radius 1 is 1.33 bits per heavy atom. The van der Waals surface area contributed by atoms with Crippen molar-refractivity contribution in [3.63, 3.8) is 0 Å². The highest BCUT2D eigenvalue weighted by atomic mass is 19.3. The van der Waals surface area contributed by atoms with Crippen molar-refractivity contribution < 1.29 is 13.5 Å². The number of ether oxygens (including phenoxy) is 1. The van der Waals surface area contributed by atoms with Crippen molar-refractivity contribution in [1.29, 1.82) is 0 Å². The maximum Gasteiger partial charge on any atom is 0.320 e. The van der Waals surface area contributed by atoms with E-state index < -0.39 is 6.55 Å². The fraction of sp³-hybridized carbons (Fsp3) is 0.429. The Morgan fingerprint density at radius 3 is 2.86 bits per heavy atom. The van der Waals surface area contributed by atoms with Crippen LogP contribution in [-0.4, -0.2) is 21.1 Å². The number of rotatable bonds is 8. The molecule has 0 amide bonds. The quantitative estimate of drug-likeness (QED) is 0.761. The normalized spacial score (nSPS) is 11.0. The van der Waals surface area contributed by atoms with Crippen LogP contribution < -0.4 is 10.1 Å². The Balaban J connectivity index is 1.87. The van der Waals surface area contributed by atoms with Crippen molar-refractivity contribution in [2.75, 3.05) is 6.54 Å². The predicted molar refractivity (Wildman–Crippen MR) is 74.0 cm³/mol. The number of aromatic nitrogens is 3. The molecule has 0 radical (unpaired) electrons. The average molecular weight is 296 g/mol. The van der Waals surface area contributed by atoms with E-state index in [4.69, 9.17) is 4.74 Å². The van der Waals surface area contributed by atoms with Crippen LogP contribution in [0, 0.1) is 0 Å². The monoisotopic (exact) mass is 296 g/mol. The van der Waals surface area contributed by atoms with Gasteiger partial charge in [0.1, 0.15) is 12.4 Å². The number of nitrogens with zero attached hydrogens (tertiary/aromatic N) is 3. The van der Waals surface area contributed by atoms with Gasteiger partial charge in [-0.25, -0.2) is 4.98 Å². The summed E-state index contributed by atoms with van der Waals surface area (Å²) in [5.74, 6) is 0.705. The lowest BCUT2D eigenvalue weighted by Crippen LogP contribution is -2.14. The van der Waals surface area contributed by atoms with Gasteiger partial charge in [0.25, 0.3) is 0 Å². The first-order chi connectivity index (χ1) is 10.2. The highest BCUT2D eigenvalue weighted by molar-refractivity contribution is 5.20. The van der Waals surface area contributed by atoms with E-state index in [2.05, 4.69) is 22.2 Å². The van der Waals surface area contributed by atoms with Crippen LogP contribution in [0.1, 0.15) is 31.4 Å². The molecule has 2 aromatic heterocycles. The van der Waals surface area contributed by atoms with Crippen molar-refractivity contribution >= 4 is 0 Å². The molecule has 0 bridgehead atoms. The first-order valence-electron chi connectivity index (χ1n) is 6.79. The van der Waals surface area contributed by atoms with Crippen molar-refractivity contribution in [1.82, 2.24) is 19.9 Å². The molecule has 0 aliphatic carbocycles. The summed E-state index contributed by atoms with van der Waals surface area (Å²) in [6.45, 7) is 1.10. The minimum Gasteiger partial charge on any atom is -0.484 e. The van der Waals surface area contributed by atoms with E-state index in [0.29, 0.717) is 12.3 Å². The van der Waals surface area contributed by atoms with Gasteiger partial charge < -0.3 is 10.1 Å². The second-order valence-corrected chi connectivity index (χ2v) is 4.48. The van der Waals surface area contributed by atoms with Crippen LogP contribution in [-0.2, 0) is 13.2 Å². The Hall–Kier alpha value is -2.02. The number of halogens is 2. The van der Waals surface area contributed by atoms with Gasteiger partial charge in [-0.05, 0) is 25.1 Å². The third-order valence-corrected chi connectivity index (χ3v) is 2.86. The van der Waals surface area contributed by atoms with Crippen molar-refractivity contribution in [2.24, 2.45) is 0 Å². The molecule has 0 aliphatic heterocycles. The molecule has 0 spiro atoms. The van der Waals surface area contributed by atoms with Crippen LogP contribution in [0.25, 0.3) is 0 Å². The first-order valence-corrected chi connectivity index (χ1v) is 6.79. The summed E-state index contributed by atoms with van der Waals surface area (Å²) in [4.78, 5) is 8.09. The predicted octanol–water partition coefficient (Wildman–Crippen LogP) is 2.75. The standard InChI is InChI=1S/C14H18F2N4O/c1-2-5-17-8-11-3-4-12(9-19-11)21-10-13-18-6-7-20(13)14(15)16/h3-4,6-7,9,14,17H,2,5,8,10H2,1H3. The number of hydrogen-bond donors (Lipinski definition) is 1. The van der Waals surface area contributed by atoms with E-state index in [1.807, 2.05) is 6.07 Å². The summed E-state index contributed by atoms with van der Waals surface area (Å²) in [6.07, 6.45) is 5.20. The Morgan fingerprint density at radius 2 is 2.19 bits per heavy atom. The lowest BCUT2D eigenvalue weighted by molar-refractivity contribution is 0.0632. The van der Waals surface area contributed by atoms with E-state index in [1.165, 1.54) is 12.4 Å². The molecule has 0 saturated heterocycles. The van der Waals surface area contributed by atoms with E-state index in [1.54, 1.807) is 12.3 Å². The van der Waals surface area contributed by atoms with Crippen LogP contribution in [0.15, 0.2) is 30.7 Å². The number of pyridine rings is 1. The number of imidazole rings is 1. The molecule has 2 rings (SSSR count). The Kier molecular flexibility index (Phi) is 5.62. The number of hydrogen-bond acceptors (Lipinski definition) is 4.